The molecule has 2 aromatic rings. The van der Waals surface area contributed by atoms with Crippen LogP contribution in [0.5, 0.6) is 11.5 Å². The van der Waals surface area contributed by atoms with E-state index in [-0.39, 0.29) is 5.56 Å². The van der Waals surface area contributed by atoms with Crippen molar-refractivity contribution in [2.75, 3.05) is 7.11 Å². The van der Waals surface area contributed by atoms with Crippen LogP contribution in [-0.4, -0.2) is 7.11 Å². The van der Waals surface area contributed by atoms with Gasteiger partial charge in [0.2, 0.25) is 0 Å². The highest BCUT2D eigenvalue weighted by Gasteiger charge is 2.17. The van der Waals surface area contributed by atoms with E-state index >= 15 is 0 Å². The summed E-state index contributed by atoms with van der Waals surface area (Å²) >= 11 is 3.10. The Bertz CT molecular complexity index is 574. The molecule has 0 spiro atoms. The predicted molar refractivity (Wildman–Crippen MR) is 76.4 cm³/mol. The molecule has 0 fully saturated rings. The molecule has 20 heavy (non-hydrogen) atoms. The van der Waals surface area contributed by atoms with E-state index in [2.05, 4.69) is 15.9 Å². The topological polar surface area (TPSA) is 18.5 Å². The Balaban J connectivity index is 2.23. The van der Waals surface area contributed by atoms with Crippen molar-refractivity contribution in [2.45, 2.75) is 13.0 Å². The van der Waals surface area contributed by atoms with Gasteiger partial charge in [0.1, 0.15) is 6.61 Å². The van der Waals surface area contributed by atoms with Crippen LogP contribution in [0.1, 0.15) is 17.6 Å². The van der Waals surface area contributed by atoms with Gasteiger partial charge in [-0.1, -0.05) is 46.3 Å². The van der Waals surface area contributed by atoms with Crippen molar-refractivity contribution in [3.63, 3.8) is 0 Å². The Morgan fingerprint density at radius 3 is 2.40 bits per heavy atom. The average Bonchev–Trinajstić information content (AvgIpc) is 2.46. The zero-order valence-corrected chi connectivity index (χ0v) is 12.4. The predicted octanol–water partition coefficient (Wildman–Crippen LogP) is 4.97. The second-order valence-corrected chi connectivity index (χ2v) is 4.95. The van der Waals surface area contributed by atoms with Crippen LogP contribution in [-0.2, 0) is 6.61 Å². The van der Waals surface area contributed by atoms with Crippen molar-refractivity contribution in [3.05, 3.63) is 58.1 Å². The molecule has 0 N–H and O–H groups in total. The summed E-state index contributed by atoms with van der Waals surface area (Å²) in [6, 6.07) is 12.3. The number of ether oxygens (including phenoxy) is 2. The highest BCUT2D eigenvalue weighted by molar-refractivity contribution is 9.10. The third kappa shape index (κ3) is 3.48. The highest BCUT2D eigenvalue weighted by atomic mass is 79.9. The molecule has 2 nitrogen and oxygen atoms in total. The van der Waals surface area contributed by atoms with Crippen LogP contribution in [0.15, 0.2) is 46.9 Å². The standard InChI is InChI=1S/C15H13BrF2O2/c1-19-13-8-12(16)11(15(17)18)7-14(13)20-9-10-5-3-2-4-6-10/h2-8,15H,9H2,1H3. The number of alkyl halides is 2. The minimum absolute atomic E-state index is 0.117. The Morgan fingerprint density at radius 1 is 1.10 bits per heavy atom. The molecular weight excluding hydrogens is 330 g/mol. The van der Waals surface area contributed by atoms with E-state index in [9.17, 15) is 8.78 Å². The van der Waals surface area contributed by atoms with Gasteiger partial charge < -0.3 is 9.47 Å². The van der Waals surface area contributed by atoms with Crippen molar-refractivity contribution in [1.29, 1.82) is 0 Å². The Labute approximate surface area is 124 Å². The third-order valence-corrected chi connectivity index (χ3v) is 3.44. The molecule has 0 heterocycles. The Kier molecular flexibility index (Phi) is 4.95. The van der Waals surface area contributed by atoms with Gasteiger partial charge in [-0.05, 0) is 17.7 Å². The Morgan fingerprint density at radius 2 is 1.80 bits per heavy atom. The molecule has 5 heteroatoms. The van der Waals surface area contributed by atoms with E-state index in [1.54, 1.807) is 0 Å². The maximum Gasteiger partial charge on any atom is 0.265 e. The number of hydrogen-bond acceptors (Lipinski definition) is 2. The summed E-state index contributed by atoms with van der Waals surface area (Å²) in [5, 5.41) is 0. The summed E-state index contributed by atoms with van der Waals surface area (Å²) < 4.78 is 36.8. The van der Waals surface area contributed by atoms with Gasteiger partial charge in [-0.15, -0.1) is 0 Å². The highest BCUT2D eigenvalue weighted by Crippen LogP contribution is 2.38. The number of benzene rings is 2. The molecule has 0 aliphatic carbocycles. The molecule has 106 valence electrons. The zero-order valence-electron chi connectivity index (χ0n) is 10.8. The monoisotopic (exact) mass is 342 g/mol. The first-order valence-corrected chi connectivity index (χ1v) is 6.73. The average molecular weight is 343 g/mol. The lowest BCUT2D eigenvalue weighted by Crippen LogP contribution is -1.99. The lowest BCUT2D eigenvalue weighted by Gasteiger charge is -2.13. The van der Waals surface area contributed by atoms with E-state index < -0.39 is 6.43 Å². The SMILES string of the molecule is COc1cc(Br)c(C(F)F)cc1OCc1ccccc1. The first-order valence-electron chi connectivity index (χ1n) is 5.94. The third-order valence-electron chi connectivity index (χ3n) is 2.76. The van der Waals surface area contributed by atoms with Crippen molar-refractivity contribution < 1.29 is 18.3 Å². The van der Waals surface area contributed by atoms with Crippen molar-refractivity contribution in [1.82, 2.24) is 0 Å². The number of halogens is 3. The van der Waals surface area contributed by atoms with E-state index in [0.29, 0.717) is 22.6 Å². The molecule has 0 aliphatic heterocycles. The van der Waals surface area contributed by atoms with Gasteiger partial charge in [0.15, 0.2) is 11.5 Å². The Hall–Kier alpha value is -1.62. The summed E-state index contributed by atoms with van der Waals surface area (Å²) in [5.74, 6) is 0.715. The summed E-state index contributed by atoms with van der Waals surface area (Å²) in [6.07, 6.45) is -2.57. The molecule has 2 rings (SSSR count). The summed E-state index contributed by atoms with van der Waals surface area (Å²) in [4.78, 5) is 0. The van der Waals surface area contributed by atoms with E-state index in [1.807, 2.05) is 30.3 Å². The molecule has 0 aliphatic rings. The molecular formula is C15H13BrF2O2. The van der Waals surface area contributed by atoms with Crippen molar-refractivity contribution in [2.24, 2.45) is 0 Å². The lowest BCUT2D eigenvalue weighted by atomic mass is 10.2. The van der Waals surface area contributed by atoms with Gasteiger partial charge in [0.05, 0.1) is 7.11 Å². The van der Waals surface area contributed by atoms with Crippen LogP contribution in [0.4, 0.5) is 8.78 Å². The first-order chi connectivity index (χ1) is 9.61. The van der Waals surface area contributed by atoms with Crippen LogP contribution in [0.3, 0.4) is 0 Å². The number of hydrogen-bond donors (Lipinski definition) is 0. The maximum absolute atomic E-state index is 12.9. The molecule has 0 saturated carbocycles. The molecule has 0 unspecified atom stereocenters. The maximum atomic E-state index is 12.9. The van der Waals surface area contributed by atoms with Crippen LogP contribution in [0.25, 0.3) is 0 Å². The van der Waals surface area contributed by atoms with Gasteiger partial charge in [-0.25, -0.2) is 8.78 Å². The van der Waals surface area contributed by atoms with Gasteiger partial charge in [-0.2, -0.15) is 0 Å². The minimum atomic E-state index is -2.57. The molecule has 0 radical (unpaired) electrons. The molecule has 0 atom stereocenters. The smallest absolute Gasteiger partial charge is 0.265 e. The summed E-state index contributed by atoms with van der Waals surface area (Å²) in [6.45, 7) is 0.293. The van der Waals surface area contributed by atoms with E-state index in [0.717, 1.165) is 5.56 Å². The van der Waals surface area contributed by atoms with E-state index in [4.69, 9.17) is 9.47 Å². The second kappa shape index (κ2) is 6.70. The molecule has 0 saturated heterocycles. The van der Waals surface area contributed by atoms with Gasteiger partial charge >= 0.3 is 0 Å². The van der Waals surface area contributed by atoms with Crippen LogP contribution in [0.2, 0.25) is 0 Å². The van der Waals surface area contributed by atoms with E-state index in [1.165, 1.54) is 19.2 Å². The van der Waals surface area contributed by atoms with Gasteiger partial charge in [0, 0.05) is 10.0 Å². The normalized spacial score (nSPS) is 10.7. The number of methoxy groups -OCH3 is 1. The fraction of sp³-hybridized carbons (Fsp3) is 0.200. The van der Waals surface area contributed by atoms with Crippen LogP contribution >= 0.6 is 15.9 Å². The van der Waals surface area contributed by atoms with Gasteiger partial charge in [-0.3, -0.25) is 0 Å². The molecule has 0 aromatic heterocycles. The zero-order chi connectivity index (χ0) is 14.5. The minimum Gasteiger partial charge on any atom is -0.493 e. The lowest BCUT2D eigenvalue weighted by molar-refractivity contribution is 0.149. The molecule has 0 amide bonds. The summed E-state index contributed by atoms with van der Waals surface area (Å²) in [7, 11) is 1.47. The fourth-order valence-corrected chi connectivity index (χ4v) is 2.22. The van der Waals surface area contributed by atoms with Crippen molar-refractivity contribution >= 4 is 15.9 Å². The van der Waals surface area contributed by atoms with Crippen LogP contribution < -0.4 is 9.47 Å². The largest absolute Gasteiger partial charge is 0.493 e. The quantitative estimate of drug-likeness (QED) is 0.763. The summed E-state index contributed by atoms with van der Waals surface area (Å²) in [5.41, 5.74) is 0.838. The fourth-order valence-electron chi connectivity index (χ4n) is 1.73. The van der Waals surface area contributed by atoms with Gasteiger partial charge in [0.25, 0.3) is 6.43 Å². The number of rotatable bonds is 5. The first kappa shape index (κ1) is 14.8. The van der Waals surface area contributed by atoms with Crippen LogP contribution in [0, 0.1) is 0 Å². The van der Waals surface area contributed by atoms with Crippen molar-refractivity contribution in [3.8, 4) is 11.5 Å². The molecule has 0 bridgehead atoms. The second-order valence-electron chi connectivity index (χ2n) is 4.10. The molecule has 2 aromatic carbocycles.